The Kier molecular flexibility index (Phi) is 4.00. The Morgan fingerprint density at radius 2 is 1.95 bits per heavy atom. The number of benzene rings is 1. The maximum Gasteiger partial charge on any atom is 0.259 e. The van der Waals surface area contributed by atoms with E-state index in [-0.39, 0.29) is 5.91 Å². The van der Waals surface area contributed by atoms with Crippen LogP contribution >= 0.6 is 0 Å². The van der Waals surface area contributed by atoms with Crippen LogP contribution in [0.2, 0.25) is 0 Å². The van der Waals surface area contributed by atoms with Crippen molar-refractivity contribution in [2.24, 2.45) is 5.84 Å². The standard InChI is InChI=1S/C15H18N4O/c1-9-5-4-6-13(11(9)3)18-15(20)12-8-17-10(2)7-14(12)19-16/h4-8H,16H2,1-3H3,(H,17,19)(H,18,20). The molecule has 0 radical (unpaired) electrons. The lowest BCUT2D eigenvalue weighted by atomic mass is 10.1. The minimum atomic E-state index is -0.237. The van der Waals surface area contributed by atoms with E-state index in [4.69, 9.17) is 5.84 Å². The van der Waals surface area contributed by atoms with Crippen molar-refractivity contribution in [2.45, 2.75) is 20.8 Å². The van der Waals surface area contributed by atoms with Crippen molar-refractivity contribution in [1.29, 1.82) is 0 Å². The van der Waals surface area contributed by atoms with Gasteiger partial charge in [-0.3, -0.25) is 15.6 Å². The van der Waals surface area contributed by atoms with Crippen LogP contribution in [0.25, 0.3) is 0 Å². The molecule has 1 amide bonds. The summed E-state index contributed by atoms with van der Waals surface area (Å²) in [6, 6.07) is 7.52. The fraction of sp³-hybridized carbons (Fsp3) is 0.200. The molecule has 4 N–H and O–H groups in total. The number of pyridine rings is 1. The van der Waals surface area contributed by atoms with Crippen molar-refractivity contribution in [1.82, 2.24) is 4.98 Å². The van der Waals surface area contributed by atoms with E-state index in [9.17, 15) is 4.79 Å². The molecule has 104 valence electrons. The number of carbonyl (C=O) groups excluding carboxylic acids is 1. The predicted octanol–water partition coefficient (Wildman–Crippen LogP) is 2.54. The smallest absolute Gasteiger partial charge is 0.259 e. The quantitative estimate of drug-likeness (QED) is 0.591. The second-order valence-electron chi connectivity index (χ2n) is 4.72. The largest absolute Gasteiger partial charge is 0.323 e. The monoisotopic (exact) mass is 270 g/mol. The number of rotatable bonds is 3. The number of nitrogen functional groups attached to an aromatic ring is 1. The SMILES string of the molecule is Cc1cc(NN)c(C(=O)Nc2cccc(C)c2C)cn1. The molecule has 0 aliphatic rings. The Balaban J connectivity index is 2.31. The van der Waals surface area contributed by atoms with Gasteiger partial charge in [-0.05, 0) is 44.0 Å². The van der Waals surface area contributed by atoms with Gasteiger partial charge in [0.1, 0.15) is 0 Å². The highest BCUT2D eigenvalue weighted by Gasteiger charge is 2.13. The minimum Gasteiger partial charge on any atom is -0.323 e. The summed E-state index contributed by atoms with van der Waals surface area (Å²) in [6.07, 6.45) is 1.52. The lowest BCUT2D eigenvalue weighted by Crippen LogP contribution is -2.18. The molecule has 0 saturated carbocycles. The number of hydrogen-bond acceptors (Lipinski definition) is 4. The molecule has 1 aromatic heterocycles. The van der Waals surface area contributed by atoms with Gasteiger partial charge >= 0.3 is 0 Å². The number of aryl methyl sites for hydroxylation is 2. The van der Waals surface area contributed by atoms with Crippen molar-refractivity contribution in [3.8, 4) is 0 Å². The zero-order valence-electron chi connectivity index (χ0n) is 11.8. The number of nitrogens with two attached hydrogens (primary N) is 1. The first kappa shape index (κ1) is 14.0. The van der Waals surface area contributed by atoms with Crippen molar-refractivity contribution in [3.05, 3.63) is 52.8 Å². The highest BCUT2D eigenvalue weighted by atomic mass is 16.1. The van der Waals surface area contributed by atoms with E-state index in [2.05, 4.69) is 15.7 Å². The maximum atomic E-state index is 12.3. The molecule has 5 nitrogen and oxygen atoms in total. The van der Waals surface area contributed by atoms with Gasteiger partial charge in [0, 0.05) is 17.6 Å². The van der Waals surface area contributed by atoms with Gasteiger partial charge in [0.15, 0.2) is 0 Å². The molecule has 0 aliphatic carbocycles. The van der Waals surface area contributed by atoms with Crippen LogP contribution < -0.4 is 16.6 Å². The van der Waals surface area contributed by atoms with Crippen LogP contribution in [0.3, 0.4) is 0 Å². The molecule has 0 spiro atoms. The number of hydrogen-bond donors (Lipinski definition) is 3. The molecule has 20 heavy (non-hydrogen) atoms. The number of carbonyl (C=O) groups is 1. The summed E-state index contributed by atoms with van der Waals surface area (Å²) in [4.78, 5) is 16.5. The predicted molar refractivity (Wildman–Crippen MR) is 80.7 cm³/mol. The molecule has 0 atom stereocenters. The lowest BCUT2D eigenvalue weighted by Gasteiger charge is -2.12. The van der Waals surface area contributed by atoms with E-state index in [0.29, 0.717) is 11.3 Å². The highest BCUT2D eigenvalue weighted by Crippen LogP contribution is 2.21. The average molecular weight is 270 g/mol. The van der Waals surface area contributed by atoms with E-state index in [0.717, 1.165) is 22.5 Å². The summed E-state index contributed by atoms with van der Waals surface area (Å²) < 4.78 is 0. The van der Waals surface area contributed by atoms with Crippen molar-refractivity contribution in [2.75, 3.05) is 10.7 Å². The molecule has 5 heteroatoms. The average Bonchev–Trinajstić information content (AvgIpc) is 2.43. The van der Waals surface area contributed by atoms with Gasteiger partial charge in [0.05, 0.1) is 11.3 Å². The number of aromatic nitrogens is 1. The molecule has 0 bridgehead atoms. The summed E-state index contributed by atoms with van der Waals surface area (Å²) >= 11 is 0. The second-order valence-corrected chi connectivity index (χ2v) is 4.72. The Labute approximate surface area is 118 Å². The first-order valence-corrected chi connectivity index (χ1v) is 6.33. The number of amides is 1. The van der Waals surface area contributed by atoms with Gasteiger partial charge in [0.25, 0.3) is 5.91 Å². The topological polar surface area (TPSA) is 80.0 Å². The number of nitrogens with one attached hydrogen (secondary N) is 2. The summed E-state index contributed by atoms with van der Waals surface area (Å²) in [5.41, 5.74) is 7.25. The third kappa shape index (κ3) is 2.78. The third-order valence-electron chi connectivity index (χ3n) is 3.29. The van der Waals surface area contributed by atoms with E-state index in [1.165, 1.54) is 6.20 Å². The summed E-state index contributed by atoms with van der Waals surface area (Å²) in [5, 5.41) is 2.89. The molecule has 1 aromatic carbocycles. The molecular formula is C15H18N4O. The summed E-state index contributed by atoms with van der Waals surface area (Å²) in [5.74, 6) is 5.21. The molecule has 0 unspecified atom stereocenters. The first-order chi connectivity index (χ1) is 9.52. The van der Waals surface area contributed by atoms with Gasteiger partial charge in [-0.15, -0.1) is 0 Å². The number of anilines is 2. The third-order valence-corrected chi connectivity index (χ3v) is 3.29. The van der Waals surface area contributed by atoms with Crippen molar-refractivity contribution >= 4 is 17.3 Å². The molecule has 0 fully saturated rings. The van der Waals surface area contributed by atoms with Gasteiger partial charge in [-0.25, -0.2) is 0 Å². The highest BCUT2D eigenvalue weighted by molar-refractivity contribution is 6.08. The van der Waals surface area contributed by atoms with Crippen LogP contribution in [0.5, 0.6) is 0 Å². The molecule has 0 aliphatic heterocycles. The van der Waals surface area contributed by atoms with E-state index < -0.39 is 0 Å². The Morgan fingerprint density at radius 3 is 2.65 bits per heavy atom. The fourth-order valence-electron chi connectivity index (χ4n) is 1.94. The lowest BCUT2D eigenvalue weighted by molar-refractivity contribution is 0.102. The van der Waals surface area contributed by atoms with E-state index >= 15 is 0 Å². The van der Waals surface area contributed by atoms with E-state index in [1.54, 1.807) is 6.07 Å². The van der Waals surface area contributed by atoms with Crippen LogP contribution in [0.4, 0.5) is 11.4 Å². The first-order valence-electron chi connectivity index (χ1n) is 6.33. The van der Waals surface area contributed by atoms with Crippen molar-refractivity contribution in [3.63, 3.8) is 0 Å². The van der Waals surface area contributed by atoms with Gasteiger partial charge < -0.3 is 10.7 Å². The minimum absolute atomic E-state index is 0.237. The van der Waals surface area contributed by atoms with Gasteiger partial charge in [-0.1, -0.05) is 12.1 Å². The molecule has 1 heterocycles. The van der Waals surface area contributed by atoms with Gasteiger partial charge in [-0.2, -0.15) is 0 Å². The molecule has 0 saturated heterocycles. The zero-order valence-corrected chi connectivity index (χ0v) is 11.8. The summed E-state index contributed by atoms with van der Waals surface area (Å²) in [6.45, 7) is 5.82. The van der Waals surface area contributed by atoms with Crippen LogP contribution in [0.1, 0.15) is 27.2 Å². The van der Waals surface area contributed by atoms with Crippen molar-refractivity contribution < 1.29 is 4.79 Å². The summed E-state index contributed by atoms with van der Waals surface area (Å²) in [7, 11) is 0. The molecular weight excluding hydrogens is 252 g/mol. The number of hydrazine groups is 1. The van der Waals surface area contributed by atoms with Crippen LogP contribution in [-0.2, 0) is 0 Å². The van der Waals surface area contributed by atoms with Crippen LogP contribution in [0, 0.1) is 20.8 Å². The Morgan fingerprint density at radius 1 is 1.20 bits per heavy atom. The maximum absolute atomic E-state index is 12.3. The van der Waals surface area contributed by atoms with E-state index in [1.807, 2.05) is 39.0 Å². The second kappa shape index (κ2) is 5.71. The van der Waals surface area contributed by atoms with Gasteiger partial charge in [0.2, 0.25) is 0 Å². The Hall–Kier alpha value is -2.40. The number of nitrogens with zero attached hydrogens (tertiary/aromatic N) is 1. The Bertz CT molecular complexity index is 652. The molecule has 2 aromatic rings. The fourth-order valence-corrected chi connectivity index (χ4v) is 1.94. The van der Waals surface area contributed by atoms with Crippen LogP contribution in [0.15, 0.2) is 30.5 Å². The van der Waals surface area contributed by atoms with Crippen LogP contribution in [-0.4, -0.2) is 10.9 Å². The zero-order chi connectivity index (χ0) is 14.7. The normalized spacial score (nSPS) is 10.2. The molecule has 2 rings (SSSR count).